The number of hydrogen-bond donors (Lipinski definition) is 1. The predicted octanol–water partition coefficient (Wildman–Crippen LogP) is 5.23. The Morgan fingerprint density at radius 2 is 1.26 bits per heavy atom. The third kappa shape index (κ3) is 4.69. The van der Waals surface area contributed by atoms with Crippen LogP contribution in [0.5, 0.6) is 5.75 Å². The number of ether oxygens (including phenoxy) is 1. The zero-order valence-corrected chi connectivity index (χ0v) is 26.1. The van der Waals surface area contributed by atoms with Gasteiger partial charge in [0.2, 0.25) is 23.6 Å². The number of rotatable bonds is 8. The lowest BCUT2D eigenvalue weighted by atomic mass is 9.57. The first-order valence-electron chi connectivity index (χ1n) is 16.3. The van der Waals surface area contributed by atoms with Crippen molar-refractivity contribution in [1.29, 1.82) is 0 Å². The van der Waals surface area contributed by atoms with Crippen LogP contribution in [0.4, 0.5) is 11.4 Å². The molecule has 4 aliphatic rings. The van der Waals surface area contributed by atoms with Gasteiger partial charge in [-0.05, 0) is 73.1 Å². The van der Waals surface area contributed by atoms with E-state index < -0.39 is 35.5 Å². The van der Waals surface area contributed by atoms with Crippen LogP contribution >= 0.6 is 0 Å². The number of aliphatic hydroxyl groups excluding tert-OH is 1. The molecule has 0 spiro atoms. The van der Waals surface area contributed by atoms with Gasteiger partial charge in [-0.2, -0.15) is 0 Å². The van der Waals surface area contributed by atoms with Crippen molar-refractivity contribution in [2.45, 2.75) is 45.4 Å². The molecule has 46 heavy (non-hydrogen) atoms. The third-order valence-corrected chi connectivity index (χ3v) is 10.5. The quantitative estimate of drug-likeness (QED) is 0.274. The first-order valence-corrected chi connectivity index (χ1v) is 16.3. The van der Waals surface area contributed by atoms with Gasteiger partial charge in [-0.1, -0.05) is 68.0 Å². The van der Waals surface area contributed by atoms with Crippen LogP contribution in [0.25, 0.3) is 0 Å². The highest BCUT2D eigenvalue weighted by Crippen LogP contribution is 2.59. The Hall–Kier alpha value is -4.56. The molecule has 0 radical (unpaired) electrons. The average molecular weight is 619 g/mol. The van der Waals surface area contributed by atoms with Crippen molar-refractivity contribution in [1.82, 2.24) is 0 Å². The first kappa shape index (κ1) is 30.1. The molecule has 0 aromatic heterocycles. The second-order valence-corrected chi connectivity index (χ2v) is 12.7. The maximum absolute atomic E-state index is 14.4. The summed E-state index contributed by atoms with van der Waals surface area (Å²) < 4.78 is 5.97. The Bertz CT molecular complexity index is 1730. The van der Waals surface area contributed by atoms with Gasteiger partial charge in [0, 0.05) is 11.5 Å². The predicted molar refractivity (Wildman–Crippen MR) is 173 cm³/mol. The molecule has 8 heteroatoms. The number of nitrogens with zero attached hydrogens (tertiary/aromatic N) is 2. The molecule has 0 bridgehead atoms. The number of hydrogen-bond acceptors (Lipinski definition) is 6. The Morgan fingerprint density at radius 3 is 1.85 bits per heavy atom. The van der Waals surface area contributed by atoms with Crippen molar-refractivity contribution in [2.24, 2.45) is 29.6 Å². The molecular formula is C38H38N2O6. The highest BCUT2D eigenvalue weighted by molar-refractivity contribution is 6.24. The molecule has 1 saturated carbocycles. The summed E-state index contributed by atoms with van der Waals surface area (Å²) in [6.45, 7) is 4.01. The molecule has 2 saturated heterocycles. The van der Waals surface area contributed by atoms with E-state index in [1.54, 1.807) is 0 Å². The normalized spacial score (nSPS) is 27.0. The van der Waals surface area contributed by atoms with Gasteiger partial charge >= 0.3 is 0 Å². The van der Waals surface area contributed by atoms with E-state index in [0.29, 0.717) is 30.0 Å². The number of anilines is 2. The number of aryl methyl sites for hydroxylation is 2. The van der Waals surface area contributed by atoms with Crippen molar-refractivity contribution >= 4 is 35.0 Å². The van der Waals surface area contributed by atoms with Crippen molar-refractivity contribution in [3.63, 3.8) is 0 Å². The van der Waals surface area contributed by atoms with Crippen LogP contribution in [-0.4, -0.2) is 41.9 Å². The Labute approximate surface area is 268 Å². The molecule has 2 heterocycles. The summed E-state index contributed by atoms with van der Waals surface area (Å²) >= 11 is 0. The number of carbonyl (C=O) groups is 4. The highest BCUT2D eigenvalue weighted by atomic mass is 16.5. The van der Waals surface area contributed by atoms with E-state index in [1.807, 2.05) is 78.9 Å². The summed E-state index contributed by atoms with van der Waals surface area (Å²) in [5.74, 6) is -3.94. The first-order chi connectivity index (χ1) is 22.4. The van der Waals surface area contributed by atoms with Crippen LogP contribution in [0.3, 0.4) is 0 Å². The van der Waals surface area contributed by atoms with E-state index in [4.69, 9.17) is 4.74 Å². The van der Waals surface area contributed by atoms with Crippen LogP contribution in [0.1, 0.15) is 49.3 Å². The molecule has 3 aromatic rings. The van der Waals surface area contributed by atoms with Crippen LogP contribution in [0.15, 0.2) is 84.4 Å². The number of fused-ring (bicyclic) bond motifs is 4. The summed E-state index contributed by atoms with van der Waals surface area (Å²) in [7, 11) is 0. The van der Waals surface area contributed by atoms with Crippen molar-refractivity contribution in [2.75, 3.05) is 23.0 Å². The van der Waals surface area contributed by atoms with Gasteiger partial charge in [-0.3, -0.25) is 29.0 Å². The Balaban J connectivity index is 1.32. The van der Waals surface area contributed by atoms with E-state index >= 15 is 0 Å². The molecule has 0 unspecified atom stereocenters. The van der Waals surface area contributed by atoms with Crippen LogP contribution in [-0.2, 0) is 32.0 Å². The van der Waals surface area contributed by atoms with Gasteiger partial charge in [-0.15, -0.1) is 0 Å². The van der Waals surface area contributed by atoms with Crippen LogP contribution in [0, 0.1) is 29.6 Å². The van der Waals surface area contributed by atoms with Crippen LogP contribution in [0.2, 0.25) is 0 Å². The van der Waals surface area contributed by atoms with Gasteiger partial charge < -0.3 is 9.84 Å². The minimum absolute atomic E-state index is 0.0759. The summed E-state index contributed by atoms with van der Waals surface area (Å²) in [5.41, 5.74) is 4.97. The van der Waals surface area contributed by atoms with E-state index in [0.717, 1.165) is 35.1 Å². The van der Waals surface area contributed by atoms with Crippen LogP contribution < -0.4 is 14.5 Å². The highest BCUT2D eigenvalue weighted by Gasteiger charge is 2.62. The molecule has 6 atom stereocenters. The van der Waals surface area contributed by atoms with E-state index in [-0.39, 0.29) is 36.8 Å². The van der Waals surface area contributed by atoms with Crippen molar-refractivity contribution in [3.8, 4) is 5.75 Å². The Morgan fingerprint density at radius 1 is 0.696 bits per heavy atom. The number of aliphatic hydroxyl groups is 1. The summed E-state index contributed by atoms with van der Waals surface area (Å²) in [5, 5.41) is 9.53. The summed E-state index contributed by atoms with van der Waals surface area (Å²) in [4.78, 5) is 59.4. The topological polar surface area (TPSA) is 104 Å². The Kier molecular flexibility index (Phi) is 7.85. The molecule has 1 N–H and O–H groups in total. The minimum Gasteiger partial charge on any atom is -0.491 e. The SMILES string of the molecule is CCc1ccc(N2C(=O)[C@H]3[C@H](CC=C4[C@H]3C[C@H]3C(=O)N(c5ccc(CC)cc5)C(=O)[C@H]3[C@H]4c3ccccc3OCCO)C2=O)cc1. The number of para-hydroxylation sites is 1. The molecule has 2 aliphatic heterocycles. The summed E-state index contributed by atoms with van der Waals surface area (Å²) in [6, 6.07) is 22.5. The van der Waals surface area contributed by atoms with E-state index in [2.05, 4.69) is 13.8 Å². The van der Waals surface area contributed by atoms with Gasteiger partial charge in [-0.25, -0.2) is 0 Å². The third-order valence-electron chi connectivity index (χ3n) is 10.5. The number of benzene rings is 3. The number of amides is 4. The maximum Gasteiger partial charge on any atom is 0.238 e. The molecule has 3 fully saturated rings. The molecule has 3 aromatic carbocycles. The smallest absolute Gasteiger partial charge is 0.238 e. The monoisotopic (exact) mass is 618 g/mol. The largest absolute Gasteiger partial charge is 0.491 e. The molecule has 4 amide bonds. The van der Waals surface area contributed by atoms with Crippen molar-refractivity contribution in [3.05, 3.63) is 101 Å². The fourth-order valence-electron chi connectivity index (χ4n) is 8.23. The molecule has 8 nitrogen and oxygen atoms in total. The second kappa shape index (κ2) is 12.0. The molecular weight excluding hydrogens is 580 g/mol. The van der Waals surface area contributed by atoms with Gasteiger partial charge in [0.1, 0.15) is 12.4 Å². The lowest BCUT2D eigenvalue weighted by Gasteiger charge is -2.44. The van der Waals surface area contributed by atoms with Crippen molar-refractivity contribution < 1.29 is 29.0 Å². The maximum atomic E-state index is 14.4. The number of allylic oxidation sites excluding steroid dienone is 2. The molecule has 7 rings (SSSR count). The zero-order valence-electron chi connectivity index (χ0n) is 26.1. The van der Waals surface area contributed by atoms with Gasteiger partial charge in [0.25, 0.3) is 0 Å². The molecule has 236 valence electrons. The number of carbonyl (C=O) groups excluding carboxylic acids is 4. The van der Waals surface area contributed by atoms with E-state index in [9.17, 15) is 24.3 Å². The van der Waals surface area contributed by atoms with Gasteiger partial charge in [0.15, 0.2) is 0 Å². The fraction of sp³-hybridized carbons (Fsp3) is 0.368. The lowest BCUT2D eigenvalue weighted by molar-refractivity contribution is -0.126. The minimum atomic E-state index is -0.693. The molecule has 2 aliphatic carbocycles. The van der Waals surface area contributed by atoms with Gasteiger partial charge in [0.05, 0.1) is 41.7 Å². The average Bonchev–Trinajstić information content (AvgIpc) is 3.50. The zero-order chi connectivity index (χ0) is 32.1. The van der Waals surface area contributed by atoms with E-state index in [1.165, 1.54) is 9.80 Å². The summed E-state index contributed by atoms with van der Waals surface area (Å²) in [6.07, 6.45) is 4.42. The lowest BCUT2D eigenvalue weighted by Crippen LogP contribution is -2.43. The fourth-order valence-corrected chi connectivity index (χ4v) is 8.23. The standard InChI is InChI=1S/C38H38N2O6/c1-3-22-9-13-24(14-10-22)39-35(42)28-18-17-26-29(33(28)37(39)44)21-30-34(32(26)27-7-5-6-8-31(27)46-20-19-41)38(45)40(36(30)43)25-15-11-23(4-2)12-16-25/h5-17,28-30,32-34,41H,3-4,18-21H2,1-2H3/t28-,29+,30+,32+,33-,34+/m0/s1. The second-order valence-electron chi connectivity index (χ2n) is 12.7. The number of imide groups is 2.